The Morgan fingerprint density at radius 3 is 2.73 bits per heavy atom. The second-order valence-corrected chi connectivity index (χ2v) is 7.69. The number of ketones is 1. The predicted octanol–water partition coefficient (Wildman–Crippen LogP) is 2.25. The minimum absolute atomic E-state index is 0.0424. The van der Waals surface area contributed by atoms with E-state index >= 15 is 0 Å². The average Bonchev–Trinajstić information content (AvgIpc) is 3.21. The summed E-state index contributed by atoms with van der Waals surface area (Å²) in [5.74, 6) is 0.171. The number of Topliss-reactive ketones (excluding diaryl/α,β-unsaturated/α-hetero) is 1. The molecule has 1 aromatic heterocycles. The molecule has 3 heterocycles. The summed E-state index contributed by atoms with van der Waals surface area (Å²) in [6.45, 7) is 0.520. The number of anilines is 1. The van der Waals surface area contributed by atoms with Crippen molar-refractivity contribution in [2.45, 2.75) is 18.4 Å². The van der Waals surface area contributed by atoms with Crippen LogP contribution in [0.15, 0.2) is 40.7 Å². The van der Waals surface area contributed by atoms with Crippen LogP contribution in [0, 0.1) is 0 Å². The molecule has 1 saturated heterocycles. The molecule has 2 aliphatic rings. The number of nitrogens with zero attached hydrogens (tertiary/aromatic N) is 3. The highest BCUT2D eigenvalue weighted by atomic mass is 32.1. The molecule has 1 unspecified atom stereocenters. The Labute approximate surface area is 155 Å². The van der Waals surface area contributed by atoms with Gasteiger partial charge in [0.2, 0.25) is 11.7 Å². The van der Waals surface area contributed by atoms with Gasteiger partial charge in [0.1, 0.15) is 5.00 Å². The quantitative estimate of drug-likeness (QED) is 0.901. The van der Waals surface area contributed by atoms with E-state index in [1.54, 1.807) is 25.1 Å². The van der Waals surface area contributed by atoms with Crippen molar-refractivity contribution >= 4 is 39.6 Å². The van der Waals surface area contributed by atoms with E-state index in [1.807, 2.05) is 34.5 Å². The zero-order valence-corrected chi connectivity index (χ0v) is 15.4. The van der Waals surface area contributed by atoms with Crippen molar-refractivity contribution in [3.63, 3.8) is 0 Å². The van der Waals surface area contributed by atoms with Gasteiger partial charge in [-0.25, -0.2) is 4.99 Å². The van der Waals surface area contributed by atoms with Gasteiger partial charge in [-0.05, 0) is 29.1 Å². The van der Waals surface area contributed by atoms with E-state index in [9.17, 15) is 14.7 Å². The third kappa shape index (κ3) is 2.55. The van der Waals surface area contributed by atoms with E-state index in [2.05, 4.69) is 4.99 Å². The molecule has 1 fully saturated rings. The fourth-order valence-electron chi connectivity index (χ4n) is 3.34. The number of rotatable bonds is 3. The highest BCUT2D eigenvalue weighted by molar-refractivity contribution is 7.14. The Bertz CT molecular complexity index is 916. The first-order valence-corrected chi connectivity index (χ1v) is 9.28. The highest BCUT2D eigenvalue weighted by Gasteiger charge is 2.52. The molecule has 1 N–H and O–H groups in total. The maximum atomic E-state index is 12.7. The summed E-state index contributed by atoms with van der Waals surface area (Å²) in [6.07, 6.45) is 0.663. The van der Waals surface area contributed by atoms with Crippen LogP contribution in [0.25, 0.3) is 0 Å². The van der Waals surface area contributed by atoms with Crippen LogP contribution in [0.4, 0.5) is 10.7 Å². The molecule has 1 aromatic carbocycles. The Kier molecular flexibility index (Phi) is 3.93. The molecule has 0 saturated carbocycles. The highest BCUT2D eigenvalue weighted by Crippen LogP contribution is 2.41. The Hall–Kier alpha value is -2.51. The summed E-state index contributed by atoms with van der Waals surface area (Å²) >= 11 is 1.40. The first kappa shape index (κ1) is 16.9. The van der Waals surface area contributed by atoms with Gasteiger partial charge in [-0.15, -0.1) is 11.3 Å². The summed E-state index contributed by atoms with van der Waals surface area (Å²) in [5, 5.41) is 13.4. The van der Waals surface area contributed by atoms with Crippen LogP contribution >= 0.6 is 11.3 Å². The minimum atomic E-state index is -1.55. The number of amides is 1. The number of carbonyl (C=O) groups excluding carboxylic acids is 2. The molecule has 2 aliphatic heterocycles. The monoisotopic (exact) mass is 369 g/mol. The molecular weight excluding hydrogens is 350 g/mol. The summed E-state index contributed by atoms with van der Waals surface area (Å²) in [4.78, 5) is 32.6. The van der Waals surface area contributed by atoms with Crippen LogP contribution in [0.1, 0.15) is 22.3 Å². The lowest BCUT2D eigenvalue weighted by atomic mass is 9.90. The maximum Gasteiger partial charge on any atom is 0.226 e. The van der Waals surface area contributed by atoms with Gasteiger partial charge >= 0.3 is 0 Å². The molecule has 0 spiro atoms. The molecule has 0 radical (unpaired) electrons. The molecule has 1 amide bonds. The van der Waals surface area contributed by atoms with Crippen LogP contribution in [-0.2, 0) is 11.2 Å². The minimum Gasteiger partial charge on any atom is -0.374 e. The van der Waals surface area contributed by atoms with Gasteiger partial charge in [-0.1, -0.05) is 12.1 Å². The molecule has 0 aliphatic carbocycles. The van der Waals surface area contributed by atoms with Crippen molar-refractivity contribution in [2.24, 2.45) is 4.99 Å². The molecular formula is C19H19N3O3S. The Morgan fingerprint density at radius 2 is 2.04 bits per heavy atom. The molecule has 2 aromatic rings. The van der Waals surface area contributed by atoms with Gasteiger partial charge in [0.05, 0.1) is 12.0 Å². The van der Waals surface area contributed by atoms with Crippen LogP contribution in [0.2, 0.25) is 0 Å². The summed E-state index contributed by atoms with van der Waals surface area (Å²) in [5.41, 5.74) is 0.728. The third-order valence-corrected chi connectivity index (χ3v) is 5.70. The van der Waals surface area contributed by atoms with Crippen molar-refractivity contribution in [1.82, 2.24) is 4.90 Å². The van der Waals surface area contributed by atoms with E-state index < -0.39 is 5.60 Å². The molecule has 0 bridgehead atoms. The fourth-order valence-corrected chi connectivity index (χ4v) is 4.10. The van der Waals surface area contributed by atoms with Crippen molar-refractivity contribution in [1.29, 1.82) is 0 Å². The van der Waals surface area contributed by atoms with Crippen LogP contribution in [0.3, 0.4) is 0 Å². The number of hydrogen-bond donors (Lipinski definition) is 1. The number of aliphatic hydroxyl groups is 1. The van der Waals surface area contributed by atoms with E-state index in [0.29, 0.717) is 35.8 Å². The van der Waals surface area contributed by atoms with Crippen LogP contribution in [0.5, 0.6) is 0 Å². The number of thiophene rings is 1. The molecule has 1 atom stereocenters. The van der Waals surface area contributed by atoms with Crippen molar-refractivity contribution < 1.29 is 14.7 Å². The summed E-state index contributed by atoms with van der Waals surface area (Å²) in [7, 11) is 3.47. The first-order valence-electron chi connectivity index (χ1n) is 8.40. The number of hydrogen-bond acceptors (Lipinski definition) is 6. The average molecular weight is 369 g/mol. The van der Waals surface area contributed by atoms with Gasteiger partial charge in [0.25, 0.3) is 0 Å². The molecule has 134 valence electrons. The Balaban J connectivity index is 1.63. The van der Waals surface area contributed by atoms with Crippen molar-refractivity contribution in [2.75, 3.05) is 25.5 Å². The fraction of sp³-hybridized carbons (Fsp3) is 0.316. The standard InChI is InChI=1S/C19H19N3O3S/c1-21(2)15(23)11-12-3-5-13(6-4-12)22-9-8-19(25)16(24)14-7-10-26-17(14)20-18(19)22/h3-7,10,25H,8-9,11H2,1-2H3. The third-order valence-electron chi connectivity index (χ3n) is 4.90. The lowest BCUT2D eigenvalue weighted by Crippen LogP contribution is -2.48. The van der Waals surface area contributed by atoms with E-state index in [0.717, 1.165) is 11.3 Å². The number of fused-ring (bicyclic) bond motifs is 2. The van der Waals surface area contributed by atoms with Gasteiger partial charge in [0, 0.05) is 32.7 Å². The zero-order valence-electron chi connectivity index (χ0n) is 14.6. The number of likely N-dealkylation sites (N-methyl/N-ethyl adjacent to an activating group) is 1. The van der Waals surface area contributed by atoms with Crippen molar-refractivity contribution in [3.8, 4) is 0 Å². The van der Waals surface area contributed by atoms with Gasteiger partial charge < -0.3 is 14.9 Å². The molecule has 7 heteroatoms. The van der Waals surface area contributed by atoms with Crippen molar-refractivity contribution in [3.05, 3.63) is 46.8 Å². The number of benzene rings is 1. The molecule has 6 nitrogen and oxygen atoms in total. The van der Waals surface area contributed by atoms with E-state index in [4.69, 9.17) is 0 Å². The van der Waals surface area contributed by atoms with Gasteiger partial charge in [-0.3, -0.25) is 9.59 Å². The lowest BCUT2D eigenvalue weighted by Gasteiger charge is -2.28. The first-order chi connectivity index (χ1) is 12.4. The predicted molar refractivity (Wildman–Crippen MR) is 101 cm³/mol. The lowest BCUT2D eigenvalue weighted by molar-refractivity contribution is -0.127. The summed E-state index contributed by atoms with van der Waals surface area (Å²) < 4.78 is 0. The topological polar surface area (TPSA) is 73.2 Å². The molecule has 26 heavy (non-hydrogen) atoms. The largest absolute Gasteiger partial charge is 0.374 e. The number of amidine groups is 1. The summed E-state index contributed by atoms with van der Waals surface area (Å²) in [6, 6.07) is 9.33. The zero-order chi connectivity index (χ0) is 18.5. The SMILES string of the molecule is CN(C)C(=O)Cc1ccc(N2CCC3(O)C(=O)c4ccsc4N=C23)cc1. The Morgan fingerprint density at radius 1 is 1.31 bits per heavy atom. The molecule has 4 rings (SSSR count). The number of aliphatic imine (C=N–C) groups is 1. The van der Waals surface area contributed by atoms with E-state index in [-0.39, 0.29) is 11.7 Å². The smallest absolute Gasteiger partial charge is 0.226 e. The second kappa shape index (κ2) is 6.03. The van der Waals surface area contributed by atoms with E-state index in [1.165, 1.54) is 11.3 Å². The number of carbonyl (C=O) groups is 2. The normalized spacial score (nSPS) is 21.3. The van der Waals surface area contributed by atoms with Gasteiger partial charge in [0.15, 0.2) is 11.4 Å². The van der Waals surface area contributed by atoms with Crippen LogP contribution < -0.4 is 4.90 Å². The maximum absolute atomic E-state index is 12.7. The van der Waals surface area contributed by atoms with Gasteiger partial charge in [-0.2, -0.15) is 0 Å². The second-order valence-electron chi connectivity index (χ2n) is 6.80. The van der Waals surface area contributed by atoms with Crippen LogP contribution in [-0.4, -0.2) is 53.8 Å².